The maximum atomic E-state index is 12.1. The summed E-state index contributed by atoms with van der Waals surface area (Å²) in [7, 11) is 0. The summed E-state index contributed by atoms with van der Waals surface area (Å²) in [5.41, 5.74) is 2.19. The first-order valence-electron chi connectivity index (χ1n) is 6.31. The van der Waals surface area contributed by atoms with E-state index in [9.17, 15) is 9.59 Å². The van der Waals surface area contributed by atoms with Crippen molar-refractivity contribution in [1.82, 2.24) is 15.3 Å². The van der Waals surface area contributed by atoms with Crippen molar-refractivity contribution in [3.63, 3.8) is 0 Å². The number of H-pyrrole nitrogens is 2. The lowest BCUT2D eigenvalue weighted by atomic mass is 10.1. The number of halogens is 1. The van der Waals surface area contributed by atoms with Gasteiger partial charge in [0.15, 0.2) is 0 Å². The van der Waals surface area contributed by atoms with Crippen molar-refractivity contribution in [3.8, 4) is 0 Å². The van der Waals surface area contributed by atoms with Gasteiger partial charge in [-0.05, 0) is 52.7 Å². The van der Waals surface area contributed by atoms with Crippen LogP contribution in [0.3, 0.4) is 0 Å². The molecule has 3 aromatic rings. The molecule has 3 rings (SSSR count). The largest absolute Gasteiger partial charge is 0.345 e. The standard InChI is InChI=1S/C14H12BrN3O2S/c1-7(16-13(19)11-4-5-12(15)21-11)8-2-3-9-10(6-8)18-14(20)17-9/h2-7H,1H3,(H,16,19)(H2,17,18,20)/t7-/m0/s1. The fraction of sp³-hybridized carbons (Fsp3) is 0.143. The van der Waals surface area contributed by atoms with E-state index in [-0.39, 0.29) is 17.6 Å². The lowest BCUT2D eigenvalue weighted by molar-refractivity contribution is 0.0944. The van der Waals surface area contributed by atoms with E-state index in [0.29, 0.717) is 4.88 Å². The first-order valence-corrected chi connectivity index (χ1v) is 7.92. The highest BCUT2D eigenvalue weighted by Crippen LogP contribution is 2.23. The predicted molar refractivity (Wildman–Crippen MR) is 86.8 cm³/mol. The lowest BCUT2D eigenvalue weighted by Gasteiger charge is -2.13. The average Bonchev–Trinajstić information content (AvgIpc) is 3.02. The average molecular weight is 366 g/mol. The van der Waals surface area contributed by atoms with Crippen LogP contribution < -0.4 is 11.0 Å². The maximum absolute atomic E-state index is 12.1. The minimum Gasteiger partial charge on any atom is -0.345 e. The molecule has 21 heavy (non-hydrogen) atoms. The Morgan fingerprint density at radius 3 is 2.71 bits per heavy atom. The number of hydrogen-bond acceptors (Lipinski definition) is 3. The Bertz CT molecular complexity index is 864. The van der Waals surface area contributed by atoms with Gasteiger partial charge in [-0.15, -0.1) is 11.3 Å². The second kappa shape index (κ2) is 5.50. The molecule has 0 aliphatic heterocycles. The number of imidazole rings is 1. The van der Waals surface area contributed by atoms with Crippen LogP contribution in [0, 0.1) is 0 Å². The second-order valence-corrected chi connectivity index (χ2v) is 7.15. The number of aromatic nitrogens is 2. The van der Waals surface area contributed by atoms with E-state index in [1.54, 1.807) is 6.07 Å². The number of carbonyl (C=O) groups excluding carboxylic acids is 1. The molecule has 0 bridgehead atoms. The van der Waals surface area contributed by atoms with Crippen LogP contribution in [0.2, 0.25) is 0 Å². The zero-order chi connectivity index (χ0) is 15.0. The molecular formula is C14H12BrN3O2S. The van der Waals surface area contributed by atoms with Crippen molar-refractivity contribution >= 4 is 44.2 Å². The Morgan fingerprint density at radius 2 is 2.00 bits per heavy atom. The van der Waals surface area contributed by atoms with E-state index in [4.69, 9.17) is 0 Å². The number of nitrogens with one attached hydrogen (secondary N) is 3. The fourth-order valence-corrected chi connectivity index (χ4v) is 3.40. The Balaban J connectivity index is 1.81. The summed E-state index contributed by atoms with van der Waals surface area (Å²) < 4.78 is 0.923. The molecule has 1 atom stereocenters. The zero-order valence-corrected chi connectivity index (χ0v) is 13.5. The molecule has 2 aromatic heterocycles. The molecule has 0 radical (unpaired) electrons. The van der Waals surface area contributed by atoms with Crippen LogP contribution in [0.5, 0.6) is 0 Å². The van der Waals surface area contributed by atoms with Gasteiger partial charge in [0.1, 0.15) is 0 Å². The van der Waals surface area contributed by atoms with Gasteiger partial charge in [-0.3, -0.25) is 4.79 Å². The molecule has 2 heterocycles. The summed E-state index contributed by atoms with van der Waals surface area (Å²) in [5.74, 6) is -0.110. The zero-order valence-electron chi connectivity index (χ0n) is 11.1. The van der Waals surface area contributed by atoms with Crippen molar-refractivity contribution in [3.05, 3.63) is 55.0 Å². The molecule has 1 amide bonds. The molecule has 3 N–H and O–H groups in total. The number of benzene rings is 1. The highest BCUT2D eigenvalue weighted by atomic mass is 79.9. The van der Waals surface area contributed by atoms with Gasteiger partial charge in [0, 0.05) is 0 Å². The quantitative estimate of drug-likeness (QED) is 0.666. The lowest BCUT2D eigenvalue weighted by Crippen LogP contribution is -2.25. The highest BCUT2D eigenvalue weighted by Gasteiger charge is 2.14. The highest BCUT2D eigenvalue weighted by molar-refractivity contribution is 9.11. The molecule has 0 aliphatic rings. The van der Waals surface area contributed by atoms with Gasteiger partial charge >= 0.3 is 5.69 Å². The molecule has 0 unspecified atom stereocenters. The second-order valence-electron chi connectivity index (χ2n) is 4.68. The van der Waals surface area contributed by atoms with Crippen molar-refractivity contribution in [1.29, 1.82) is 0 Å². The molecule has 1 aromatic carbocycles. The van der Waals surface area contributed by atoms with Crippen molar-refractivity contribution in [2.24, 2.45) is 0 Å². The molecule has 5 nitrogen and oxygen atoms in total. The van der Waals surface area contributed by atoms with Gasteiger partial charge in [0.2, 0.25) is 0 Å². The Hall–Kier alpha value is -1.86. The molecule has 0 spiro atoms. The number of hydrogen-bond donors (Lipinski definition) is 3. The Labute approximate surface area is 132 Å². The topological polar surface area (TPSA) is 77.8 Å². The molecule has 7 heteroatoms. The van der Waals surface area contributed by atoms with Gasteiger partial charge in [-0.25, -0.2) is 4.79 Å². The van der Waals surface area contributed by atoms with E-state index < -0.39 is 0 Å². The van der Waals surface area contributed by atoms with Gasteiger partial charge in [0.05, 0.1) is 25.7 Å². The molecule has 0 fully saturated rings. The third-order valence-corrected chi connectivity index (χ3v) is 4.81. The molecule has 0 saturated heterocycles. The smallest absolute Gasteiger partial charge is 0.323 e. The van der Waals surface area contributed by atoms with Crippen LogP contribution in [-0.2, 0) is 0 Å². The van der Waals surface area contributed by atoms with Crippen molar-refractivity contribution < 1.29 is 4.79 Å². The minimum absolute atomic E-state index is 0.110. The van der Waals surface area contributed by atoms with E-state index in [1.807, 2.05) is 31.2 Å². The summed E-state index contributed by atoms with van der Waals surface area (Å²) in [6, 6.07) is 9.06. The van der Waals surface area contributed by atoms with E-state index in [2.05, 4.69) is 31.2 Å². The Kier molecular flexibility index (Phi) is 3.69. The number of carbonyl (C=O) groups is 1. The van der Waals surface area contributed by atoms with Crippen LogP contribution >= 0.6 is 27.3 Å². The van der Waals surface area contributed by atoms with Gasteiger partial charge < -0.3 is 15.3 Å². The number of amides is 1. The molecule has 0 saturated carbocycles. The SMILES string of the molecule is C[C@H](NC(=O)c1ccc(Br)s1)c1ccc2[nH]c(=O)[nH]c2c1. The summed E-state index contributed by atoms with van der Waals surface area (Å²) >= 11 is 4.73. The van der Waals surface area contributed by atoms with E-state index >= 15 is 0 Å². The first kappa shape index (κ1) is 14.1. The third-order valence-electron chi connectivity index (χ3n) is 3.18. The predicted octanol–water partition coefficient (Wildman–Crippen LogP) is 3.17. The number of rotatable bonds is 3. The van der Waals surface area contributed by atoms with Crippen LogP contribution in [0.4, 0.5) is 0 Å². The van der Waals surface area contributed by atoms with E-state index in [1.165, 1.54) is 11.3 Å². The van der Waals surface area contributed by atoms with Crippen LogP contribution in [0.1, 0.15) is 28.2 Å². The third kappa shape index (κ3) is 2.93. The van der Waals surface area contributed by atoms with Gasteiger partial charge in [0.25, 0.3) is 5.91 Å². The molecular weight excluding hydrogens is 354 g/mol. The molecule has 0 aliphatic carbocycles. The van der Waals surface area contributed by atoms with Gasteiger partial charge in [-0.1, -0.05) is 6.07 Å². The molecule has 108 valence electrons. The van der Waals surface area contributed by atoms with Gasteiger partial charge in [-0.2, -0.15) is 0 Å². The first-order chi connectivity index (χ1) is 10.0. The van der Waals surface area contributed by atoms with Crippen LogP contribution in [-0.4, -0.2) is 15.9 Å². The minimum atomic E-state index is -0.234. The summed E-state index contributed by atoms with van der Waals surface area (Å²) in [4.78, 5) is 29.4. The monoisotopic (exact) mass is 365 g/mol. The maximum Gasteiger partial charge on any atom is 0.323 e. The van der Waals surface area contributed by atoms with Crippen molar-refractivity contribution in [2.45, 2.75) is 13.0 Å². The van der Waals surface area contributed by atoms with Crippen molar-refractivity contribution in [2.75, 3.05) is 0 Å². The van der Waals surface area contributed by atoms with E-state index in [0.717, 1.165) is 20.4 Å². The number of aromatic amines is 2. The van der Waals surface area contributed by atoms with Crippen LogP contribution in [0.15, 0.2) is 38.9 Å². The summed E-state index contributed by atoms with van der Waals surface area (Å²) in [6.07, 6.45) is 0. The summed E-state index contributed by atoms with van der Waals surface area (Å²) in [6.45, 7) is 1.91. The number of fused-ring (bicyclic) bond motifs is 1. The van der Waals surface area contributed by atoms with Crippen LogP contribution in [0.25, 0.3) is 11.0 Å². The number of thiophene rings is 1. The Morgan fingerprint density at radius 1 is 1.24 bits per heavy atom. The fourth-order valence-electron chi connectivity index (χ4n) is 2.11. The summed E-state index contributed by atoms with van der Waals surface area (Å²) in [5, 5.41) is 2.95. The normalized spacial score (nSPS) is 12.5.